The molecule has 0 aliphatic rings. The van der Waals surface area contributed by atoms with E-state index in [0.29, 0.717) is 0 Å². The van der Waals surface area contributed by atoms with Gasteiger partial charge in [0.25, 0.3) is 0 Å². The molecule has 0 unspecified atom stereocenters. The fourth-order valence-corrected chi connectivity index (χ4v) is 1.72. The number of unbranched alkanes of at least 4 members (excludes halogenated alkanes) is 4. The first kappa shape index (κ1) is 17.6. The van der Waals surface area contributed by atoms with Crippen LogP contribution in [0.1, 0.15) is 57.9 Å². The van der Waals surface area contributed by atoms with Crippen molar-refractivity contribution in [3.8, 4) is 0 Å². The normalized spacial score (nSPS) is 10.0. The van der Waals surface area contributed by atoms with Gasteiger partial charge >= 0.3 is 0 Å². The van der Waals surface area contributed by atoms with Gasteiger partial charge in [0.15, 0.2) is 0 Å². The molecule has 0 amide bonds. The fourth-order valence-electron chi connectivity index (χ4n) is 1.72. The molecule has 0 saturated heterocycles. The SMILES string of the molecule is CCCC=CC=O.CCCCCCc1ccccc1. The molecule has 0 spiro atoms. The van der Waals surface area contributed by atoms with Gasteiger partial charge in [-0.1, -0.05) is 75.9 Å². The van der Waals surface area contributed by atoms with Crippen LogP contribution in [-0.4, -0.2) is 6.29 Å². The molecule has 0 heterocycles. The van der Waals surface area contributed by atoms with Crippen molar-refractivity contribution in [2.45, 2.75) is 58.8 Å². The molecule has 19 heavy (non-hydrogen) atoms. The largest absolute Gasteiger partial charge is 0.299 e. The highest BCUT2D eigenvalue weighted by Gasteiger charge is 1.90. The van der Waals surface area contributed by atoms with Gasteiger partial charge in [0.2, 0.25) is 0 Å². The minimum Gasteiger partial charge on any atom is -0.299 e. The summed E-state index contributed by atoms with van der Waals surface area (Å²) in [6.45, 7) is 4.33. The van der Waals surface area contributed by atoms with Gasteiger partial charge in [0.05, 0.1) is 0 Å². The maximum absolute atomic E-state index is 9.59. The van der Waals surface area contributed by atoms with Crippen molar-refractivity contribution >= 4 is 6.29 Å². The molecule has 0 saturated carbocycles. The van der Waals surface area contributed by atoms with Crippen molar-refractivity contribution in [3.05, 3.63) is 48.0 Å². The van der Waals surface area contributed by atoms with E-state index in [1.54, 1.807) is 0 Å². The van der Waals surface area contributed by atoms with E-state index in [0.717, 1.165) is 19.1 Å². The van der Waals surface area contributed by atoms with Crippen LogP contribution in [0.5, 0.6) is 0 Å². The minimum absolute atomic E-state index is 0.801. The third kappa shape index (κ3) is 12.9. The molecule has 0 aliphatic heterocycles. The van der Waals surface area contributed by atoms with Crippen LogP contribution in [-0.2, 0) is 11.2 Å². The highest BCUT2D eigenvalue weighted by molar-refractivity contribution is 5.64. The lowest BCUT2D eigenvalue weighted by atomic mass is 10.1. The van der Waals surface area contributed by atoms with E-state index >= 15 is 0 Å². The number of hydrogen-bond donors (Lipinski definition) is 0. The molecule has 1 nitrogen and oxygen atoms in total. The Morgan fingerprint density at radius 3 is 2.26 bits per heavy atom. The molecule has 1 heteroatoms. The van der Waals surface area contributed by atoms with Gasteiger partial charge in [-0.15, -0.1) is 0 Å². The van der Waals surface area contributed by atoms with Crippen LogP contribution < -0.4 is 0 Å². The monoisotopic (exact) mass is 260 g/mol. The maximum Gasteiger partial charge on any atom is 0.142 e. The zero-order valence-electron chi connectivity index (χ0n) is 12.5. The summed E-state index contributed by atoms with van der Waals surface area (Å²) in [5, 5.41) is 0. The van der Waals surface area contributed by atoms with Crippen LogP contribution in [0.25, 0.3) is 0 Å². The van der Waals surface area contributed by atoms with Gasteiger partial charge in [-0.2, -0.15) is 0 Å². The van der Waals surface area contributed by atoms with E-state index < -0.39 is 0 Å². The predicted octanol–water partition coefficient (Wildman–Crippen LogP) is 5.35. The lowest BCUT2D eigenvalue weighted by molar-refractivity contribution is -0.104. The summed E-state index contributed by atoms with van der Waals surface area (Å²) in [5.74, 6) is 0. The van der Waals surface area contributed by atoms with Gasteiger partial charge in [-0.25, -0.2) is 0 Å². The molecule has 0 aliphatic carbocycles. The smallest absolute Gasteiger partial charge is 0.142 e. The van der Waals surface area contributed by atoms with Crippen LogP contribution in [0.2, 0.25) is 0 Å². The number of benzene rings is 1. The van der Waals surface area contributed by atoms with Crippen molar-refractivity contribution in [3.63, 3.8) is 0 Å². The Labute approximate surface area is 118 Å². The van der Waals surface area contributed by atoms with E-state index in [1.807, 2.05) is 6.08 Å². The molecule has 0 aromatic heterocycles. The Morgan fingerprint density at radius 1 is 0.947 bits per heavy atom. The Balaban J connectivity index is 0.000000399. The number of hydrogen-bond acceptors (Lipinski definition) is 1. The standard InChI is InChI=1S/C12H18.C6H10O/c1-2-3-4-6-9-12-10-7-5-8-11-12;1-2-3-4-5-6-7/h5,7-8,10-11H,2-4,6,9H2,1H3;4-6H,2-3H2,1H3. The van der Waals surface area contributed by atoms with E-state index in [2.05, 4.69) is 44.2 Å². The summed E-state index contributed by atoms with van der Waals surface area (Å²) in [5.41, 5.74) is 1.48. The second kappa shape index (κ2) is 14.7. The van der Waals surface area contributed by atoms with E-state index in [1.165, 1.54) is 43.7 Å². The number of aryl methyl sites for hydroxylation is 1. The summed E-state index contributed by atoms with van der Waals surface area (Å²) >= 11 is 0. The van der Waals surface area contributed by atoms with Crippen LogP contribution in [0.4, 0.5) is 0 Å². The Morgan fingerprint density at radius 2 is 1.68 bits per heavy atom. The van der Waals surface area contributed by atoms with Gasteiger partial charge in [-0.05, 0) is 30.9 Å². The first-order chi connectivity index (χ1) is 9.35. The average Bonchev–Trinajstić information content (AvgIpc) is 2.46. The number of rotatable bonds is 8. The molecular weight excluding hydrogens is 232 g/mol. The van der Waals surface area contributed by atoms with E-state index in [9.17, 15) is 4.79 Å². The van der Waals surface area contributed by atoms with Gasteiger partial charge < -0.3 is 0 Å². The Kier molecular flexibility index (Phi) is 13.6. The van der Waals surface area contributed by atoms with E-state index in [4.69, 9.17) is 0 Å². The highest BCUT2D eigenvalue weighted by Crippen LogP contribution is 2.06. The van der Waals surface area contributed by atoms with Gasteiger partial charge in [0, 0.05) is 0 Å². The van der Waals surface area contributed by atoms with Gasteiger partial charge in [0.1, 0.15) is 6.29 Å². The number of carbonyl (C=O) groups is 1. The average molecular weight is 260 g/mol. The van der Waals surface area contributed by atoms with Crippen LogP contribution in [0.3, 0.4) is 0 Å². The maximum atomic E-state index is 9.59. The van der Waals surface area contributed by atoms with Crippen molar-refractivity contribution in [1.29, 1.82) is 0 Å². The minimum atomic E-state index is 0.801. The molecule has 106 valence electrons. The summed E-state index contributed by atoms with van der Waals surface area (Å²) in [6, 6.07) is 10.7. The number of aldehydes is 1. The number of carbonyl (C=O) groups excluding carboxylic acids is 1. The zero-order chi connectivity index (χ0) is 14.2. The van der Waals surface area contributed by atoms with E-state index in [-0.39, 0.29) is 0 Å². The second-order valence-electron chi connectivity index (χ2n) is 4.65. The first-order valence-electron chi connectivity index (χ1n) is 7.49. The molecule has 1 aromatic carbocycles. The molecule has 0 atom stereocenters. The Hall–Kier alpha value is -1.37. The summed E-state index contributed by atoms with van der Waals surface area (Å²) < 4.78 is 0. The van der Waals surface area contributed by atoms with Crippen LogP contribution in [0, 0.1) is 0 Å². The molecule has 1 rings (SSSR count). The Bertz CT molecular complexity index is 314. The topological polar surface area (TPSA) is 17.1 Å². The summed E-state index contributed by atoms with van der Waals surface area (Å²) in [7, 11) is 0. The van der Waals surface area contributed by atoms with Crippen molar-refractivity contribution in [2.24, 2.45) is 0 Å². The quantitative estimate of drug-likeness (QED) is 0.350. The zero-order valence-corrected chi connectivity index (χ0v) is 12.5. The molecule has 1 aromatic rings. The van der Waals surface area contributed by atoms with Gasteiger partial charge in [-0.3, -0.25) is 4.79 Å². The lowest BCUT2D eigenvalue weighted by Crippen LogP contribution is -1.84. The molecule has 0 radical (unpaired) electrons. The fraction of sp³-hybridized carbons (Fsp3) is 0.500. The van der Waals surface area contributed by atoms with Crippen molar-refractivity contribution < 1.29 is 4.79 Å². The van der Waals surface area contributed by atoms with Crippen LogP contribution >= 0.6 is 0 Å². The molecular formula is C18H28O. The number of allylic oxidation sites excluding steroid dienone is 2. The highest BCUT2D eigenvalue weighted by atomic mass is 16.1. The first-order valence-corrected chi connectivity index (χ1v) is 7.49. The predicted molar refractivity (Wildman–Crippen MR) is 84.4 cm³/mol. The van der Waals surface area contributed by atoms with Crippen molar-refractivity contribution in [1.82, 2.24) is 0 Å². The lowest BCUT2D eigenvalue weighted by Gasteiger charge is -1.99. The van der Waals surface area contributed by atoms with Crippen LogP contribution in [0.15, 0.2) is 42.5 Å². The summed E-state index contributed by atoms with van der Waals surface area (Å²) in [4.78, 5) is 9.59. The second-order valence-corrected chi connectivity index (χ2v) is 4.65. The van der Waals surface area contributed by atoms with Crippen molar-refractivity contribution in [2.75, 3.05) is 0 Å². The molecule has 0 bridgehead atoms. The third-order valence-electron chi connectivity index (χ3n) is 2.83. The third-order valence-corrected chi connectivity index (χ3v) is 2.83. The molecule has 0 N–H and O–H groups in total. The summed E-state index contributed by atoms with van der Waals surface area (Å²) in [6.07, 6.45) is 13.0. The molecule has 0 fully saturated rings.